The summed E-state index contributed by atoms with van der Waals surface area (Å²) >= 11 is 0. The van der Waals surface area contributed by atoms with Gasteiger partial charge in [-0.25, -0.2) is 9.78 Å². The van der Waals surface area contributed by atoms with Crippen molar-refractivity contribution in [2.45, 2.75) is 38.5 Å². The van der Waals surface area contributed by atoms with Crippen molar-refractivity contribution in [3.05, 3.63) is 94.5 Å². The molecule has 2 aliphatic rings. The molecule has 0 spiro atoms. The summed E-state index contributed by atoms with van der Waals surface area (Å²) in [5.74, 6) is 0.671. The minimum Gasteiger partial charge on any atom is -0.480 e. The van der Waals surface area contributed by atoms with E-state index in [0.717, 1.165) is 48.4 Å². The lowest BCUT2D eigenvalue weighted by molar-refractivity contribution is 0.0644. The maximum Gasteiger partial charge on any atom is 0.351 e. The third-order valence-corrected chi connectivity index (χ3v) is 6.66. The molecule has 4 heterocycles. The molecule has 2 aromatic carbocycles. The van der Waals surface area contributed by atoms with Crippen LogP contribution in [0, 0.1) is 0 Å². The van der Waals surface area contributed by atoms with Gasteiger partial charge in [0, 0.05) is 24.3 Å². The maximum atomic E-state index is 13.0. The van der Waals surface area contributed by atoms with Crippen molar-refractivity contribution in [1.82, 2.24) is 14.5 Å². The molecule has 6 rings (SSSR count). The summed E-state index contributed by atoms with van der Waals surface area (Å²) in [5, 5.41) is 0. The molecule has 7 nitrogen and oxygen atoms in total. The molecule has 182 valence electrons. The van der Waals surface area contributed by atoms with Crippen LogP contribution in [0.25, 0.3) is 22.5 Å². The van der Waals surface area contributed by atoms with Gasteiger partial charge in [-0.2, -0.15) is 4.98 Å². The standard InChI is InChI=1S/C29H27N3O4/c33-29-31-28(36-19-23-12-7-17-34-23)27(26-24-13-5-4-8-20(24)15-16-32(26)29)35-18-22-11-6-14-25(30-22)21-9-2-1-3-10-21/h1-6,8-11,13-14,23H,7,12,15-19H2. The predicted molar refractivity (Wildman–Crippen MR) is 136 cm³/mol. The van der Waals surface area contributed by atoms with E-state index in [0.29, 0.717) is 24.6 Å². The highest BCUT2D eigenvalue weighted by molar-refractivity contribution is 5.73. The van der Waals surface area contributed by atoms with Crippen molar-refractivity contribution in [2.24, 2.45) is 0 Å². The number of fused-ring (bicyclic) bond motifs is 3. The second-order valence-corrected chi connectivity index (χ2v) is 9.05. The van der Waals surface area contributed by atoms with Crippen LogP contribution in [0.4, 0.5) is 0 Å². The molecular formula is C29H27N3O4. The van der Waals surface area contributed by atoms with Crippen LogP contribution in [0.3, 0.4) is 0 Å². The van der Waals surface area contributed by atoms with Gasteiger partial charge in [-0.3, -0.25) is 4.57 Å². The zero-order valence-electron chi connectivity index (χ0n) is 19.9. The first kappa shape index (κ1) is 22.5. The highest BCUT2D eigenvalue weighted by Gasteiger charge is 2.27. The highest BCUT2D eigenvalue weighted by Crippen LogP contribution is 2.40. The first-order chi connectivity index (χ1) is 17.8. The average molecular weight is 482 g/mol. The SMILES string of the molecule is O=c1nc(OCC2CCCO2)c(OCc2cccc(-c3ccccc3)n2)c2n1CCc1ccccc1-2. The Morgan fingerprint density at radius 3 is 2.67 bits per heavy atom. The first-order valence-corrected chi connectivity index (χ1v) is 12.4. The van der Waals surface area contributed by atoms with E-state index in [1.54, 1.807) is 4.57 Å². The summed E-state index contributed by atoms with van der Waals surface area (Å²) in [5.41, 5.74) is 5.20. The van der Waals surface area contributed by atoms with Crippen LogP contribution < -0.4 is 15.2 Å². The lowest BCUT2D eigenvalue weighted by Gasteiger charge is -2.25. The first-order valence-electron chi connectivity index (χ1n) is 12.4. The van der Waals surface area contributed by atoms with E-state index in [1.165, 1.54) is 5.56 Å². The van der Waals surface area contributed by atoms with Crippen molar-refractivity contribution in [3.8, 4) is 34.1 Å². The summed E-state index contributed by atoms with van der Waals surface area (Å²) < 4.78 is 19.9. The van der Waals surface area contributed by atoms with Crippen LogP contribution in [0.5, 0.6) is 11.6 Å². The number of hydrogen-bond donors (Lipinski definition) is 0. The van der Waals surface area contributed by atoms with Crippen molar-refractivity contribution in [2.75, 3.05) is 13.2 Å². The van der Waals surface area contributed by atoms with Gasteiger partial charge in [-0.05, 0) is 37.0 Å². The Kier molecular flexibility index (Phi) is 6.22. The van der Waals surface area contributed by atoms with Crippen LogP contribution >= 0.6 is 0 Å². The molecule has 7 heteroatoms. The van der Waals surface area contributed by atoms with Gasteiger partial charge in [-0.15, -0.1) is 0 Å². The number of aryl methyl sites for hydroxylation is 1. The summed E-state index contributed by atoms with van der Waals surface area (Å²) in [7, 11) is 0. The van der Waals surface area contributed by atoms with E-state index in [4.69, 9.17) is 19.2 Å². The summed E-state index contributed by atoms with van der Waals surface area (Å²) in [6.45, 7) is 1.82. The van der Waals surface area contributed by atoms with Crippen LogP contribution in [-0.2, 0) is 24.3 Å². The molecule has 0 bridgehead atoms. The second-order valence-electron chi connectivity index (χ2n) is 9.05. The molecule has 1 atom stereocenters. The third-order valence-electron chi connectivity index (χ3n) is 6.66. The van der Waals surface area contributed by atoms with Gasteiger partial charge < -0.3 is 14.2 Å². The molecule has 4 aromatic rings. The molecule has 0 amide bonds. The fourth-order valence-electron chi connectivity index (χ4n) is 4.85. The maximum absolute atomic E-state index is 13.0. The van der Waals surface area contributed by atoms with Gasteiger partial charge in [0.05, 0.1) is 17.5 Å². The van der Waals surface area contributed by atoms with Gasteiger partial charge in [0.2, 0.25) is 5.75 Å². The molecule has 0 radical (unpaired) electrons. The molecule has 36 heavy (non-hydrogen) atoms. The Morgan fingerprint density at radius 1 is 0.944 bits per heavy atom. The Labute approximate surface area is 209 Å². The number of ether oxygens (including phenoxy) is 3. The van der Waals surface area contributed by atoms with E-state index in [9.17, 15) is 4.79 Å². The van der Waals surface area contributed by atoms with Gasteiger partial charge in [-0.1, -0.05) is 60.7 Å². The summed E-state index contributed by atoms with van der Waals surface area (Å²) in [6.07, 6.45) is 2.70. The number of benzene rings is 2. The molecule has 1 saturated heterocycles. The average Bonchev–Trinajstić information content (AvgIpc) is 3.46. The Balaban J connectivity index is 1.36. The van der Waals surface area contributed by atoms with Crippen molar-refractivity contribution in [3.63, 3.8) is 0 Å². The fraction of sp³-hybridized carbons (Fsp3) is 0.276. The fourth-order valence-corrected chi connectivity index (χ4v) is 4.85. The molecule has 0 N–H and O–H groups in total. The molecule has 1 fully saturated rings. The van der Waals surface area contributed by atoms with Gasteiger partial charge >= 0.3 is 5.69 Å². The van der Waals surface area contributed by atoms with Gasteiger partial charge in [0.15, 0.2) is 0 Å². The molecule has 0 aliphatic carbocycles. The lowest BCUT2D eigenvalue weighted by Crippen LogP contribution is -2.30. The monoisotopic (exact) mass is 481 g/mol. The van der Waals surface area contributed by atoms with Gasteiger partial charge in [0.1, 0.15) is 18.9 Å². The molecule has 0 saturated carbocycles. The second kappa shape index (κ2) is 9.95. The van der Waals surface area contributed by atoms with Crippen molar-refractivity contribution >= 4 is 0 Å². The van der Waals surface area contributed by atoms with Crippen LogP contribution in [0.2, 0.25) is 0 Å². The molecule has 2 aromatic heterocycles. The summed E-state index contributed by atoms with van der Waals surface area (Å²) in [4.78, 5) is 22.1. The normalized spacial score (nSPS) is 16.3. The van der Waals surface area contributed by atoms with E-state index in [2.05, 4.69) is 11.1 Å². The highest BCUT2D eigenvalue weighted by atomic mass is 16.6. The third kappa shape index (κ3) is 4.50. The van der Waals surface area contributed by atoms with E-state index in [1.807, 2.05) is 66.7 Å². The smallest absolute Gasteiger partial charge is 0.351 e. The lowest BCUT2D eigenvalue weighted by atomic mass is 9.97. The number of pyridine rings is 1. The number of aromatic nitrogens is 3. The zero-order valence-corrected chi connectivity index (χ0v) is 19.9. The Hall–Kier alpha value is -3.97. The number of hydrogen-bond acceptors (Lipinski definition) is 6. The van der Waals surface area contributed by atoms with Gasteiger partial charge in [0.25, 0.3) is 5.88 Å². The van der Waals surface area contributed by atoms with Crippen LogP contribution in [0.15, 0.2) is 77.6 Å². The predicted octanol–water partition coefficient (Wildman–Crippen LogP) is 4.67. The number of nitrogens with zero attached hydrogens (tertiary/aromatic N) is 3. The Morgan fingerprint density at radius 2 is 1.81 bits per heavy atom. The Bertz CT molecular complexity index is 1430. The molecule has 1 unspecified atom stereocenters. The van der Waals surface area contributed by atoms with Crippen molar-refractivity contribution in [1.29, 1.82) is 0 Å². The molecular weight excluding hydrogens is 454 g/mol. The van der Waals surface area contributed by atoms with Crippen LogP contribution in [0.1, 0.15) is 24.1 Å². The zero-order chi connectivity index (χ0) is 24.3. The number of rotatable bonds is 7. The van der Waals surface area contributed by atoms with E-state index in [-0.39, 0.29) is 24.3 Å². The largest absolute Gasteiger partial charge is 0.480 e. The minimum absolute atomic E-state index is 0.00468. The van der Waals surface area contributed by atoms with Crippen molar-refractivity contribution < 1.29 is 14.2 Å². The minimum atomic E-state index is -0.335. The summed E-state index contributed by atoms with van der Waals surface area (Å²) in [6, 6.07) is 24.0. The van der Waals surface area contributed by atoms with Crippen LogP contribution in [-0.4, -0.2) is 33.9 Å². The topological polar surface area (TPSA) is 75.5 Å². The van der Waals surface area contributed by atoms with E-state index >= 15 is 0 Å². The molecule has 2 aliphatic heterocycles. The quantitative estimate of drug-likeness (QED) is 0.382. The van der Waals surface area contributed by atoms with E-state index < -0.39 is 0 Å².